The molecule has 0 amide bonds. The first-order valence-electron chi connectivity index (χ1n) is 10.6. The average molecular weight is 451 g/mol. The van der Waals surface area contributed by atoms with Crippen molar-refractivity contribution in [1.29, 1.82) is 0 Å². The molecule has 2 aromatic carbocycles. The fraction of sp³-hybridized carbons (Fsp3) is 0.200. The van der Waals surface area contributed by atoms with Gasteiger partial charge in [-0.25, -0.2) is 4.99 Å². The van der Waals surface area contributed by atoms with Crippen LogP contribution in [0.4, 0.5) is 24.5 Å². The van der Waals surface area contributed by atoms with Gasteiger partial charge in [0.15, 0.2) is 0 Å². The number of para-hydroxylation sites is 1. The summed E-state index contributed by atoms with van der Waals surface area (Å²) >= 11 is 0. The molecule has 3 N–H and O–H groups in total. The van der Waals surface area contributed by atoms with Crippen molar-refractivity contribution in [3.05, 3.63) is 95.8 Å². The van der Waals surface area contributed by atoms with Gasteiger partial charge in [0, 0.05) is 29.6 Å². The first-order chi connectivity index (χ1) is 15.9. The number of nitrogens with zero attached hydrogens (tertiary/aromatic N) is 2. The fourth-order valence-electron chi connectivity index (χ4n) is 3.68. The maximum atomic E-state index is 13.7. The Morgan fingerprint density at radius 2 is 1.82 bits per heavy atom. The Kier molecular flexibility index (Phi) is 6.35. The molecule has 0 saturated heterocycles. The summed E-state index contributed by atoms with van der Waals surface area (Å²) in [6.45, 7) is 6.96. The van der Waals surface area contributed by atoms with E-state index in [-0.39, 0.29) is 5.56 Å². The van der Waals surface area contributed by atoms with E-state index in [2.05, 4.69) is 39.4 Å². The number of pyridine rings is 1. The number of fused-ring (bicyclic) bond motifs is 1. The monoisotopic (exact) mass is 451 g/mol. The summed E-state index contributed by atoms with van der Waals surface area (Å²) in [6, 6.07) is 16.5. The highest BCUT2D eigenvalue weighted by Gasteiger charge is 2.36. The van der Waals surface area contributed by atoms with E-state index in [0.29, 0.717) is 22.9 Å². The van der Waals surface area contributed by atoms with Gasteiger partial charge in [0.1, 0.15) is 17.7 Å². The number of aliphatic imine (C=N–C) groups is 1. The van der Waals surface area contributed by atoms with Gasteiger partial charge in [0.2, 0.25) is 0 Å². The minimum absolute atomic E-state index is 0.0487. The van der Waals surface area contributed by atoms with Crippen LogP contribution in [0.5, 0.6) is 0 Å². The largest absolute Gasteiger partial charge is 0.416 e. The quantitative estimate of drug-likeness (QED) is 0.427. The van der Waals surface area contributed by atoms with E-state index in [4.69, 9.17) is 0 Å². The van der Waals surface area contributed by atoms with Gasteiger partial charge in [-0.15, -0.1) is 0 Å². The molecule has 5 nitrogen and oxygen atoms in total. The topological polar surface area (TPSA) is 61.3 Å². The lowest BCUT2D eigenvalue weighted by Gasteiger charge is -2.28. The second-order valence-electron chi connectivity index (χ2n) is 7.59. The standard InChI is InChI=1S/C25H24F3N5/c1-3-14-29-21-13-8-15-30-22(21)16(2)31-24-18-10-5-7-12-20(18)32-23(33-24)17-9-4-6-11-19(17)25(26,27)28/h4-13,15,23,29,32H,2-3,14H2,1H3,(H,31,33). The Morgan fingerprint density at radius 3 is 2.61 bits per heavy atom. The second kappa shape index (κ2) is 9.36. The Bertz CT molecular complexity index is 1190. The van der Waals surface area contributed by atoms with E-state index in [0.717, 1.165) is 30.3 Å². The molecule has 0 radical (unpaired) electrons. The molecule has 33 heavy (non-hydrogen) atoms. The van der Waals surface area contributed by atoms with Crippen molar-refractivity contribution in [2.45, 2.75) is 25.7 Å². The van der Waals surface area contributed by atoms with Crippen molar-refractivity contribution in [1.82, 2.24) is 10.3 Å². The Morgan fingerprint density at radius 1 is 1.06 bits per heavy atom. The molecule has 1 atom stereocenters. The van der Waals surface area contributed by atoms with Crippen LogP contribution in [-0.2, 0) is 6.18 Å². The zero-order valence-electron chi connectivity index (χ0n) is 18.1. The van der Waals surface area contributed by atoms with E-state index in [1.54, 1.807) is 12.3 Å². The number of hydrogen-bond donors (Lipinski definition) is 3. The summed E-state index contributed by atoms with van der Waals surface area (Å²) in [5.74, 6) is 0.420. The summed E-state index contributed by atoms with van der Waals surface area (Å²) in [5.41, 5.74) is 2.67. The molecule has 170 valence electrons. The molecule has 0 aliphatic carbocycles. The third-order valence-electron chi connectivity index (χ3n) is 5.22. The van der Waals surface area contributed by atoms with Crippen molar-refractivity contribution in [2.24, 2.45) is 4.99 Å². The summed E-state index contributed by atoms with van der Waals surface area (Å²) in [7, 11) is 0. The Hall–Kier alpha value is -3.81. The fourth-order valence-corrected chi connectivity index (χ4v) is 3.68. The molecule has 0 saturated carbocycles. The molecule has 3 aromatic rings. The molecule has 1 aromatic heterocycles. The number of aromatic nitrogens is 1. The number of hydrogen-bond acceptors (Lipinski definition) is 5. The van der Waals surface area contributed by atoms with Gasteiger partial charge in [-0.3, -0.25) is 4.98 Å². The van der Waals surface area contributed by atoms with Gasteiger partial charge >= 0.3 is 6.18 Å². The van der Waals surface area contributed by atoms with Crippen molar-refractivity contribution in [3.63, 3.8) is 0 Å². The molecule has 1 unspecified atom stereocenters. The number of alkyl halides is 3. The van der Waals surface area contributed by atoms with Crippen LogP contribution in [-0.4, -0.2) is 17.4 Å². The normalized spacial score (nSPS) is 15.2. The van der Waals surface area contributed by atoms with Gasteiger partial charge in [0.25, 0.3) is 0 Å². The maximum absolute atomic E-state index is 13.7. The Balaban J connectivity index is 1.71. The minimum Gasteiger partial charge on any atom is -0.383 e. The van der Waals surface area contributed by atoms with Gasteiger partial charge in [-0.2, -0.15) is 13.2 Å². The number of benzene rings is 2. The molecule has 2 heterocycles. The smallest absolute Gasteiger partial charge is 0.383 e. The maximum Gasteiger partial charge on any atom is 0.416 e. The van der Waals surface area contributed by atoms with Crippen LogP contribution in [0.15, 0.2) is 78.4 Å². The van der Waals surface area contributed by atoms with Crippen molar-refractivity contribution in [3.8, 4) is 0 Å². The third-order valence-corrected chi connectivity index (χ3v) is 5.22. The van der Waals surface area contributed by atoms with E-state index >= 15 is 0 Å². The van der Waals surface area contributed by atoms with Crippen molar-refractivity contribution < 1.29 is 13.2 Å². The van der Waals surface area contributed by atoms with Crippen molar-refractivity contribution >= 4 is 22.9 Å². The van der Waals surface area contributed by atoms with Crippen LogP contribution in [0.25, 0.3) is 5.70 Å². The van der Waals surface area contributed by atoms with Crippen LogP contribution in [0.2, 0.25) is 0 Å². The van der Waals surface area contributed by atoms with E-state index in [1.165, 1.54) is 12.1 Å². The first kappa shape index (κ1) is 22.4. The molecular weight excluding hydrogens is 427 g/mol. The number of rotatable bonds is 6. The molecule has 0 fully saturated rings. The zero-order valence-corrected chi connectivity index (χ0v) is 18.1. The van der Waals surface area contributed by atoms with Gasteiger partial charge < -0.3 is 16.0 Å². The van der Waals surface area contributed by atoms with Crippen LogP contribution < -0.4 is 16.0 Å². The summed E-state index contributed by atoms with van der Waals surface area (Å²) in [5, 5.41) is 9.64. The molecule has 1 aliphatic heterocycles. The highest BCUT2D eigenvalue weighted by molar-refractivity contribution is 6.08. The van der Waals surface area contributed by atoms with Crippen LogP contribution in [0, 0.1) is 0 Å². The van der Waals surface area contributed by atoms with E-state index < -0.39 is 17.9 Å². The van der Waals surface area contributed by atoms with Gasteiger partial charge in [-0.1, -0.05) is 43.8 Å². The summed E-state index contributed by atoms with van der Waals surface area (Å²) in [6.07, 6.45) is -2.80. The van der Waals surface area contributed by atoms with Gasteiger partial charge in [0.05, 0.1) is 16.9 Å². The molecule has 4 rings (SSSR count). The third kappa shape index (κ3) is 4.84. The summed E-state index contributed by atoms with van der Waals surface area (Å²) < 4.78 is 41.0. The van der Waals surface area contributed by atoms with Gasteiger partial charge in [-0.05, 0) is 36.8 Å². The predicted molar refractivity (Wildman–Crippen MR) is 126 cm³/mol. The second-order valence-corrected chi connectivity index (χ2v) is 7.59. The molecule has 1 aliphatic rings. The highest BCUT2D eigenvalue weighted by Crippen LogP contribution is 2.38. The van der Waals surface area contributed by atoms with Crippen LogP contribution in [0.1, 0.15) is 41.9 Å². The molecular formula is C25H24F3N5. The highest BCUT2D eigenvalue weighted by atomic mass is 19.4. The Labute approximate surface area is 190 Å². The molecule has 0 spiro atoms. The number of halogens is 3. The minimum atomic E-state index is -4.49. The number of nitrogens with one attached hydrogen (secondary N) is 3. The number of amidine groups is 1. The first-order valence-corrected chi connectivity index (χ1v) is 10.6. The van der Waals surface area contributed by atoms with Crippen LogP contribution in [0.3, 0.4) is 0 Å². The lowest BCUT2D eigenvalue weighted by Crippen LogP contribution is -2.30. The van der Waals surface area contributed by atoms with Crippen LogP contribution >= 0.6 is 0 Å². The van der Waals surface area contributed by atoms with Crippen molar-refractivity contribution in [2.75, 3.05) is 17.2 Å². The number of anilines is 2. The lowest BCUT2D eigenvalue weighted by atomic mass is 10.0. The summed E-state index contributed by atoms with van der Waals surface area (Å²) in [4.78, 5) is 9.04. The predicted octanol–water partition coefficient (Wildman–Crippen LogP) is 6.05. The zero-order chi connectivity index (χ0) is 23.4. The average Bonchev–Trinajstić information content (AvgIpc) is 2.82. The molecule has 8 heteroatoms. The molecule has 0 bridgehead atoms. The lowest BCUT2D eigenvalue weighted by molar-refractivity contribution is -0.138. The van der Waals surface area contributed by atoms with E-state index in [1.807, 2.05) is 36.4 Å². The SMILES string of the molecule is C=C(NC1=NC(c2ccccc2C(F)(F)F)Nc2ccccc21)c1ncccc1NCCC. The van der Waals surface area contributed by atoms with E-state index in [9.17, 15) is 13.2 Å².